The topological polar surface area (TPSA) is 108 Å². The van der Waals surface area contributed by atoms with Crippen LogP contribution < -0.4 is 10.1 Å². The minimum atomic E-state index is -0.663. The van der Waals surface area contributed by atoms with Crippen molar-refractivity contribution in [1.29, 1.82) is 0 Å². The van der Waals surface area contributed by atoms with E-state index in [1.54, 1.807) is 53.4 Å². The fourth-order valence-corrected chi connectivity index (χ4v) is 3.39. The van der Waals surface area contributed by atoms with Crippen molar-refractivity contribution in [2.75, 3.05) is 6.54 Å². The van der Waals surface area contributed by atoms with Crippen LogP contribution in [0.3, 0.4) is 0 Å². The lowest BCUT2D eigenvalue weighted by atomic mass is 10.3. The van der Waals surface area contributed by atoms with Crippen LogP contribution in [0.15, 0.2) is 51.8 Å². The molecule has 1 amide bonds. The van der Waals surface area contributed by atoms with Crippen LogP contribution in [0, 0.1) is 0 Å². The highest BCUT2D eigenvalue weighted by Gasteiger charge is 2.16. The van der Waals surface area contributed by atoms with Crippen LogP contribution in [0.25, 0.3) is 23.0 Å². The number of carbonyl (C=O) groups is 1. The third-order valence-electron chi connectivity index (χ3n) is 4.08. The van der Waals surface area contributed by atoms with E-state index in [0.29, 0.717) is 35.4 Å². The van der Waals surface area contributed by atoms with Gasteiger partial charge in [-0.25, -0.2) is 4.68 Å². The minimum absolute atomic E-state index is 0.243. The molecule has 0 aliphatic heterocycles. The second-order valence-electron chi connectivity index (χ2n) is 6.31. The summed E-state index contributed by atoms with van der Waals surface area (Å²) in [6, 6.07) is 8.81. The largest absolute Gasteiger partial charge is 0.481 e. The normalized spacial score (nSPS) is 11.9. The number of benzene rings is 1. The maximum absolute atomic E-state index is 12.2. The second kappa shape index (κ2) is 9.06. The van der Waals surface area contributed by atoms with Crippen LogP contribution in [0.1, 0.15) is 6.92 Å². The molecule has 0 aliphatic carbocycles. The zero-order valence-electron chi connectivity index (χ0n) is 15.9. The molecule has 4 aromatic rings. The summed E-state index contributed by atoms with van der Waals surface area (Å²) >= 11 is 7.48. The number of halogens is 1. The first kappa shape index (κ1) is 20.0. The molecular weight excluding hydrogens is 428 g/mol. The average molecular weight is 445 g/mol. The Morgan fingerprint density at radius 3 is 3.10 bits per heavy atom. The zero-order valence-corrected chi connectivity index (χ0v) is 17.4. The summed E-state index contributed by atoms with van der Waals surface area (Å²) in [5.41, 5.74) is 1.35. The SMILES string of the molecule is C[C@@H](Oc1cccc(Cl)c1)C(=O)NCCn1cc(-c2nc(-c3ccsc3)no2)nn1. The summed E-state index contributed by atoms with van der Waals surface area (Å²) in [6.45, 7) is 2.45. The van der Waals surface area contributed by atoms with Crippen LogP contribution >= 0.6 is 22.9 Å². The van der Waals surface area contributed by atoms with Crippen molar-refractivity contribution in [3.8, 4) is 28.7 Å². The molecule has 1 atom stereocenters. The lowest BCUT2D eigenvalue weighted by Gasteiger charge is -2.14. The van der Waals surface area contributed by atoms with E-state index in [9.17, 15) is 4.79 Å². The molecule has 154 valence electrons. The quantitative estimate of drug-likeness (QED) is 0.444. The molecule has 0 aliphatic rings. The molecule has 0 unspecified atom stereocenters. The van der Waals surface area contributed by atoms with Crippen LogP contribution in [0.2, 0.25) is 5.02 Å². The number of nitrogens with zero attached hydrogens (tertiary/aromatic N) is 5. The number of aromatic nitrogens is 5. The predicted octanol–water partition coefficient (Wildman–Crippen LogP) is 3.29. The summed E-state index contributed by atoms with van der Waals surface area (Å²) in [5, 5.41) is 19.3. The van der Waals surface area contributed by atoms with Gasteiger partial charge in [0.25, 0.3) is 11.8 Å². The first-order chi connectivity index (χ1) is 14.6. The van der Waals surface area contributed by atoms with Gasteiger partial charge in [0.2, 0.25) is 5.82 Å². The summed E-state index contributed by atoms with van der Waals surface area (Å²) in [7, 11) is 0. The maximum atomic E-state index is 12.2. The van der Waals surface area contributed by atoms with E-state index >= 15 is 0 Å². The van der Waals surface area contributed by atoms with Crippen molar-refractivity contribution >= 4 is 28.8 Å². The molecule has 1 N–H and O–H groups in total. The highest BCUT2D eigenvalue weighted by molar-refractivity contribution is 7.08. The van der Waals surface area contributed by atoms with E-state index in [-0.39, 0.29) is 11.8 Å². The molecule has 3 heterocycles. The summed E-state index contributed by atoms with van der Waals surface area (Å²) < 4.78 is 12.4. The van der Waals surface area contributed by atoms with Gasteiger partial charge >= 0.3 is 0 Å². The first-order valence-electron chi connectivity index (χ1n) is 9.05. The number of nitrogens with one attached hydrogen (secondary N) is 1. The number of rotatable bonds is 8. The Kier molecular flexibility index (Phi) is 6.05. The zero-order chi connectivity index (χ0) is 20.9. The molecule has 0 spiro atoms. The van der Waals surface area contributed by atoms with Crippen LogP contribution in [0.4, 0.5) is 0 Å². The van der Waals surface area contributed by atoms with Gasteiger partial charge in [0.1, 0.15) is 5.75 Å². The Bertz CT molecular complexity index is 1130. The van der Waals surface area contributed by atoms with Gasteiger partial charge in [-0.15, -0.1) is 5.10 Å². The van der Waals surface area contributed by atoms with Gasteiger partial charge in [-0.2, -0.15) is 16.3 Å². The first-order valence-corrected chi connectivity index (χ1v) is 10.4. The highest BCUT2D eigenvalue weighted by atomic mass is 35.5. The molecule has 0 saturated carbocycles. The van der Waals surface area contributed by atoms with E-state index in [0.717, 1.165) is 5.56 Å². The van der Waals surface area contributed by atoms with Gasteiger partial charge < -0.3 is 14.6 Å². The molecule has 0 saturated heterocycles. The van der Waals surface area contributed by atoms with Crippen molar-refractivity contribution < 1.29 is 14.1 Å². The van der Waals surface area contributed by atoms with Crippen molar-refractivity contribution in [1.82, 2.24) is 30.5 Å². The monoisotopic (exact) mass is 444 g/mol. The number of ether oxygens (including phenoxy) is 1. The number of hydrogen-bond acceptors (Lipinski definition) is 8. The molecule has 0 bridgehead atoms. The fourth-order valence-electron chi connectivity index (χ4n) is 2.58. The van der Waals surface area contributed by atoms with E-state index in [4.69, 9.17) is 20.9 Å². The van der Waals surface area contributed by atoms with Crippen molar-refractivity contribution in [2.45, 2.75) is 19.6 Å². The third-order valence-corrected chi connectivity index (χ3v) is 5.00. The van der Waals surface area contributed by atoms with E-state index in [2.05, 4.69) is 25.8 Å². The molecule has 30 heavy (non-hydrogen) atoms. The van der Waals surface area contributed by atoms with Gasteiger partial charge in [0.15, 0.2) is 11.8 Å². The molecule has 3 aromatic heterocycles. The smallest absolute Gasteiger partial charge is 0.280 e. The number of carbonyl (C=O) groups excluding carboxylic acids is 1. The van der Waals surface area contributed by atoms with Gasteiger partial charge in [0.05, 0.1) is 12.7 Å². The molecule has 0 fully saturated rings. The third kappa shape index (κ3) is 4.84. The number of amides is 1. The van der Waals surface area contributed by atoms with Gasteiger partial charge in [-0.05, 0) is 36.6 Å². The predicted molar refractivity (Wildman–Crippen MR) is 111 cm³/mol. The van der Waals surface area contributed by atoms with Crippen LogP contribution in [0.5, 0.6) is 5.75 Å². The van der Waals surface area contributed by atoms with Crippen LogP contribution in [-0.4, -0.2) is 43.7 Å². The Labute approximate surface area is 180 Å². The standard InChI is InChI=1S/C19H17ClN6O3S/c1-12(28-15-4-2-3-14(20)9-15)18(27)21-6-7-26-10-16(23-25-26)19-22-17(24-29-19)13-5-8-30-11-13/h2-5,8-12H,6-7H2,1H3,(H,21,27)/t12-/m1/s1. The van der Waals surface area contributed by atoms with E-state index < -0.39 is 6.10 Å². The lowest BCUT2D eigenvalue weighted by molar-refractivity contribution is -0.127. The van der Waals surface area contributed by atoms with E-state index in [1.807, 2.05) is 16.8 Å². The summed E-state index contributed by atoms with van der Waals surface area (Å²) in [6.07, 6.45) is 1.02. The number of hydrogen-bond donors (Lipinski definition) is 1. The molecule has 9 nitrogen and oxygen atoms in total. The minimum Gasteiger partial charge on any atom is -0.481 e. The van der Waals surface area contributed by atoms with Crippen molar-refractivity contribution in [3.05, 3.63) is 52.3 Å². The lowest BCUT2D eigenvalue weighted by Crippen LogP contribution is -2.38. The number of thiophene rings is 1. The second-order valence-corrected chi connectivity index (χ2v) is 7.53. The van der Waals surface area contributed by atoms with Crippen LogP contribution in [-0.2, 0) is 11.3 Å². The molecular formula is C19H17ClN6O3S. The van der Waals surface area contributed by atoms with Gasteiger partial charge in [-0.1, -0.05) is 28.0 Å². The Hall–Kier alpha value is -3.24. The van der Waals surface area contributed by atoms with Crippen molar-refractivity contribution in [3.63, 3.8) is 0 Å². The maximum Gasteiger partial charge on any atom is 0.280 e. The Morgan fingerprint density at radius 2 is 2.30 bits per heavy atom. The molecule has 1 aromatic carbocycles. The Morgan fingerprint density at radius 1 is 1.40 bits per heavy atom. The van der Waals surface area contributed by atoms with E-state index in [1.165, 1.54) is 0 Å². The molecule has 11 heteroatoms. The summed E-state index contributed by atoms with van der Waals surface area (Å²) in [5.74, 6) is 1.08. The highest BCUT2D eigenvalue weighted by Crippen LogP contribution is 2.22. The molecule has 0 radical (unpaired) electrons. The molecule has 4 rings (SSSR count). The van der Waals surface area contributed by atoms with Gasteiger partial charge in [-0.3, -0.25) is 4.79 Å². The van der Waals surface area contributed by atoms with Gasteiger partial charge in [0, 0.05) is 22.5 Å². The fraction of sp³-hybridized carbons (Fsp3) is 0.211. The summed E-state index contributed by atoms with van der Waals surface area (Å²) in [4.78, 5) is 16.5. The Balaban J connectivity index is 1.28. The average Bonchev–Trinajstić information content (AvgIpc) is 3.48. The van der Waals surface area contributed by atoms with Crippen molar-refractivity contribution in [2.24, 2.45) is 0 Å².